The monoisotopic (exact) mass is 419 g/mol. The number of carbonyl (C=O) groups is 2. The highest BCUT2D eigenvalue weighted by molar-refractivity contribution is 7.91. The van der Waals surface area contributed by atoms with Crippen LogP contribution in [0.1, 0.15) is 30.6 Å². The predicted molar refractivity (Wildman–Crippen MR) is 110 cm³/mol. The van der Waals surface area contributed by atoms with Gasteiger partial charge in [0.15, 0.2) is 16.4 Å². The number of hydrogen-bond acceptors (Lipinski definition) is 6. The molecule has 0 radical (unpaired) electrons. The molecule has 1 saturated heterocycles. The molecule has 1 fully saturated rings. The molecule has 1 N–H and O–H groups in total. The number of amides is 1. The van der Waals surface area contributed by atoms with Crippen molar-refractivity contribution in [1.29, 1.82) is 0 Å². The summed E-state index contributed by atoms with van der Waals surface area (Å²) < 4.78 is 28.8. The second-order valence-corrected chi connectivity index (χ2v) is 9.98. The lowest BCUT2D eigenvalue weighted by molar-refractivity contribution is -0.137. The molecule has 0 unspecified atom stereocenters. The molecule has 3 rings (SSSR count). The van der Waals surface area contributed by atoms with Crippen molar-refractivity contribution in [2.45, 2.75) is 26.3 Å². The quantitative estimate of drug-likeness (QED) is 0.722. The Morgan fingerprint density at radius 3 is 2.59 bits per heavy atom. The summed E-state index contributed by atoms with van der Waals surface area (Å²) >= 11 is 0. The molecule has 1 heterocycles. The van der Waals surface area contributed by atoms with Crippen molar-refractivity contribution in [2.75, 3.05) is 24.7 Å². The van der Waals surface area contributed by atoms with E-state index in [0.29, 0.717) is 18.4 Å². The zero-order chi connectivity index (χ0) is 21.2. The minimum absolute atomic E-state index is 0.0182. The average Bonchev–Trinajstić information content (AvgIpc) is 3.03. The van der Waals surface area contributed by atoms with E-state index in [4.69, 9.17) is 4.74 Å². The Morgan fingerprint density at radius 2 is 1.93 bits per heavy atom. The maximum atomic E-state index is 12.7. The van der Waals surface area contributed by atoms with Crippen LogP contribution in [-0.4, -0.2) is 61.0 Å². The van der Waals surface area contributed by atoms with Gasteiger partial charge in [0.1, 0.15) is 11.3 Å². The molecule has 7 nitrogen and oxygen atoms in total. The number of ether oxygens (including phenoxy) is 1. The Balaban J connectivity index is 1.71. The highest BCUT2D eigenvalue weighted by Crippen LogP contribution is 2.29. The molecule has 0 spiro atoms. The molecule has 0 aromatic heterocycles. The first kappa shape index (κ1) is 21.1. The van der Waals surface area contributed by atoms with Gasteiger partial charge < -0.3 is 14.7 Å². The molecule has 1 atom stereocenters. The smallest absolute Gasteiger partial charge is 0.342 e. The Hall–Kier alpha value is -2.61. The van der Waals surface area contributed by atoms with Crippen molar-refractivity contribution < 1.29 is 27.9 Å². The van der Waals surface area contributed by atoms with E-state index in [9.17, 15) is 23.1 Å². The number of phenols is 1. The van der Waals surface area contributed by atoms with E-state index >= 15 is 0 Å². The second-order valence-electron chi connectivity index (χ2n) is 7.76. The Bertz CT molecular complexity index is 1030. The van der Waals surface area contributed by atoms with E-state index in [-0.39, 0.29) is 28.7 Å². The van der Waals surface area contributed by atoms with Crippen molar-refractivity contribution in [3.05, 3.63) is 42.0 Å². The number of rotatable bonds is 6. The number of carbonyl (C=O) groups excluding carboxylic acids is 2. The van der Waals surface area contributed by atoms with Gasteiger partial charge in [-0.15, -0.1) is 0 Å². The van der Waals surface area contributed by atoms with Gasteiger partial charge in [0.2, 0.25) is 0 Å². The summed E-state index contributed by atoms with van der Waals surface area (Å²) in [6.45, 7) is 3.75. The lowest BCUT2D eigenvalue weighted by atomic mass is 10.1. The fourth-order valence-electron chi connectivity index (χ4n) is 3.58. The van der Waals surface area contributed by atoms with Gasteiger partial charge >= 0.3 is 5.97 Å². The number of phenolic OH excluding ortho intramolecular Hbond substituents is 1. The van der Waals surface area contributed by atoms with Crippen molar-refractivity contribution in [3.8, 4) is 5.75 Å². The van der Waals surface area contributed by atoms with Crippen LogP contribution in [-0.2, 0) is 19.4 Å². The van der Waals surface area contributed by atoms with Crippen LogP contribution >= 0.6 is 0 Å². The average molecular weight is 419 g/mol. The second kappa shape index (κ2) is 8.41. The van der Waals surface area contributed by atoms with E-state index in [0.717, 1.165) is 5.39 Å². The molecule has 1 amide bonds. The molecule has 156 valence electrons. The van der Waals surface area contributed by atoms with Crippen LogP contribution in [0.3, 0.4) is 0 Å². The number of hydrogen-bond donors (Lipinski definition) is 1. The minimum Gasteiger partial charge on any atom is -0.506 e. The standard InChI is InChI=1S/C21H25NO6S/c1-14(2)11-22(16-9-10-29(26,27)13-16)19(23)12-28-21(25)18-8-7-15-5-3-4-6-17(15)20(18)24/h3-8,14,16,24H,9-13H2,1-2H3/t16-/m0/s1. The zero-order valence-electron chi connectivity index (χ0n) is 16.5. The number of esters is 1. The molecule has 0 aliphatic carbocycles. The maximum Gasteiger partial charge on any atom is 0.342 e. The number of benzene rings is 2. The summed E-state index contributed by atoms with van der Waals surface area (Å²) in [5.41, 5.74) is -0.0182. The summed E-state index contributed by atoms with van der Waals surface area (Å²) in [7, 11) is -3.15. The molecule has 0 saturated carbocycles. The Kier molecular flexibility index (Phi) is 6.12. The van der Waals surface area contributed by atoms with Crippen LogP contribution in [0.15, 0.2) is 36.4 Å². The van der Waals surface area contributed by atoms with Gasteiger partial charge in [0.25, 0.3) is 5.91 Å². The number of aromatic hydroxyl groups is 1. The third-order valence-electron chi connectivity index (χ3n) is 4.98. The SMILES string of the molecule is CC(C)CN(C(=O)COC(=O)c1ccc2ccccc2c1O)[C@H]1CCS(=O)(=O)C1. The van der Waals surface area contributed by atoms with Crippen molar-refractivity contribution in [2.24, 2.45) is 5.92 Å². The molecule has 1 aliphatic heterocycles. The molecule has 8 heteroatoms. The van der Waals surface area contributed by atoms with Gasteiger partial charge in [0, 0.05) is 18.0 Å². The number of fused-ring (bicyclic) bond motifs is 1. The summed E-state index contributed by atoms with van der Waals surface area (Å²) in [5.74, 6) is -1.29. The van der Waals surface area contributed by atoms with Crippen LogP contribution in [0, 0.1) is 5.92 Å². The van der Waals surface area contributed by atoms with Gasteiger partial charge in [-0.3, -0.25) is 4.79 Å². The van der Waals surface area contributed by atoms with Gasteiger partial charge in [0.05, 0.1) is 11.5 Å². The lowest BCUT2D eigenvalue weighted by Crippen LogP contribution is -2.45. The maximum absolute atomic E-state index is 12.7. The topological polar surface area (TPSA) is 101 Å². The fourth-order valence-corrected chi connectivity index (χ4v) is 5.31. The van der Waals surface area contributed by atoms with Gasteiger partial charge in [-0.05, 0) is 23.8 Å². The normalized spacial score (nSPS) is 18.1. The summed E-state index contributed by atoms with van der Waals surface area (Å²) in [5, 5.41) is 11.7. The number of nitrogens with zero attached hydrogens (tertiary/aromatic N) is 1. The van der Waals surface area contributed by atoms with Crippen molar-refractivity contribution in [1.82, 2.24) is 4.90 Å². The van der Waals surface area contributed by atoms with Crippen LogP contribution < -0.4 is 0 Å². The third-order valence-corrected chi connectivity index (χ3v) is 6.73. The molecule has 2 aromatic rings. The highest BCUT2D eigenvalue weighted by atomic mass is 32.2. The van der Waals surface area contributed by atoms with E-state index in [1.165, 1.54) is 11.0 Å². The molecule has 0 bridgehead atoms. The Labute approximate surface area is 170 Å². The largest absolute Gasteiger partial charge is 0.506 e. The van der Waals surface area contributed by atoms with Crippen LogP contribution in [0.2, 0.25) is 0 Å². The molecule has 1 aliphatic rings. The van der Waals surface area contributed by atoms with Crippen LogP contribution in [0.4, 0.5) is 0 Å². The molecule has 29 heavy (non-hydrogen) atoms. The van der Waals surface area contributed by atoms with E-state index in [1.807, 2.05) is 26.0 Å². The third kappa shape index (κ3) is 4.87. The van der Waals surface area contributed by atoms with E-state index in [1.54, 1.807) is 18.2 Å². The first-order chi connectivity index (χ1) is 13.7. The van der Waals surface area contributed by atoms with Crippen LogP contribution in [0.5, 0.6) is 5.75 Å². The summed E-state index contributed by atoms with van der Waals surface area (Å²) in [4.78, 5) is 26.6. The summed E-state index contributed by atoms with van der Waals surface area (Å²) in [6.07, 6.45) is 0.389. The van der Waals surface area contributed by atoms with Crippen molar-refractivity contribution in [3.63, 3.8) is 0 Å². The molecular weight excluding hydrogens is 394 g/mol. The number of sulfone groups is 1. The first-order valence-electron chi connectivity index (χ1n) is 9.55. The van der Waals surface area contributed by atoms with Crippen LogP contribution in [0.25, 0.3) is 10.8 Å². The predicted octanol–water partition coefficient (Wildman–Crippen LogP) is 2.37. The molecule has 2 aromatic carbocycles. The first-order valence-corrected chi connectivity index (χ1v) is 11.4. The molecular formula is C21H25NO6S. The van der Waals surface area contributed by atoms with Gasteiger partial charge in [-0.2, -0.15) is 0 Å². The van der Waals surface area contributed by atoms with E-state index < -0.39 is 34.4 Å². The lowest BCUT2D eigenvalue weighted by Gasteiger charge is -2.29. The van der Waals surface area contributed by atoms with E-state index in [2.05, 4.69) is 0 Å². The fraction of sp³-hybridized carbons (Fsp3) is 0.429. The Morgan fingerprint density at radius 1 is 1.21 bits per heavy atom. The summed E-state index contributed by atoms with van der Waals surface area (Å²) in [6, 6.07) is 9.83. The van der Waals surface area contributed by atoms with Crippen molar-refractivity contribution >= 4 is 32.5 Å². The minimum atomic E-state index is -3.15. The zero-order valence-corrected chi connectivity index (χ0v) is 17.3. The van der Waals surface area contributed by atoms with Gasteiger partial charge in [-0.1, -0.05) is 44.2 Å². The highest BCUT2D eigenvalue weighted by Gasteiger charge is 2.35. The van der Waals surface area contributed by atoms with Gasteiger partial charge in [-0.25, -0.2) is 13.2 Å².